The largest absolute Gasteiger partial charge is 0.336 e. The molecule has 0 aromatic heterocycles. The number of hydrogen-bond acceptors (Lipinski definition) is 3. The highest BCUT2D eigenvalue weighted by molar-refractivity contribution is 5.95. The van der Waals surface area contributed by atoms with E-state index in [1.165, 1.54) is 11.1 Å². The Labute approximate surface area is 167 Å². The lowest BCUT2D eigenvalue weighted by molar-refractivity contribution is -0.116. The van der Waals surface area contributed by atoms with Gasteiger partial charge in [-0.25, -0.2) is 0 Å². The molecule has 28 heavy (non-hydrogen) atoms. The van der Waals surface area contributed by atoms with E-state index in [0.717, 1.165) is 44.7 Å². The van der Waals surface area contributed by atoms with Gasteiger partial charge in [0.2, 0.25) is 5.91 Å². The van der Waals surface area contributed by atoms with E-state index < -0.39 is 0 Å². The molecule has 1 N–H and O–H groups in total. The minimum Gasteiger partial charge on any atom is -0.336 e. The summed E-state index contributed by atoms with van der Waals surface area (Å²) in [6.07, 6.45) is 2.20. The third kappa shape index (κ3) is 5.42. The van der Waals surface area contributed by atoms with E-state index in [-0.39, 0.29) is 11.8 Å². The maximum atomic E-state index is 12.6. The van der Waals surface area contributed by atoms with Crippen molar-refractivity contribution in [1.29, 1.82) is 0 Å². The Morgan fingerprint density at radius 2 is 1.64 bits per heavy atom. The number of anilines is 1. The molecule has 0 bridgehead atoms. The number of rotatable bonds is 6. The molecular weight excluding hydrogens is 350 g/mol. The minimum atomic E-state index is 0.00623. The SMILES string of the molecule is Cc1ccccc1CCCC(=O)Nc1ccc(C(=O)N2CCN(C)CC2)cc1. The van der Waals surface area contributed by atoms with E-state index in [1.807, 2.05) is 29.2 Å². The molecular formula is C23H29N3O2. The number of aryl methyl sites for hydroxylation is 2. The Morgan fingerprint density at radius 3 is 2.32 bits per heavy atom. The zero-order valence-corrected chi connectivity index (χ0v) is 16.8. The molecule has 148 valence electrons. The molecule has 0 atom stereocenters. The van der Waals surface area contributed by atoms with Crippen LogP contribution in [0.2, 0.25) is 0 Å². The topological polar surface area (TPSA) is 52.7 Å². The zero-order valence-electron chi connectivity index (χ0n) is 16.8. The highest BCUT2D eigenvalue weighted by atomic mass is 16.2. The van der Waals surface area contributed by atoms with Crippen LogP contribution in [0.3, 0.4) is 0 Å². The van der Waals surface area contributed by atoms with Gasteiger partial charge in [0.15, 0.2) is 0 Å². The number of carbonyl (C=O) groups excluding carboxylic acids is 2. The third-order valence-corrected chi connectivity index (χ3v) is 5.32. The molecule has 3 rings (SSSR count). The lowest BCUT2D eigenvalue weighted by Crippen LogP contribution is -2.47. The smallest absolute Gasteiger partial charge is 0.253 e. The van der Waals surface area contributed by atoms with Gasteiger partial charge in [-0.3, -0.25) is 9.59 Å². The first-order valence-electron chi connectivity index (χ1n) is 9.95. The lowest BCUT2D eigenvalue weighted by Gasteiger charge is -2.32. The molecule has 0 radical (unpaired) electrons. The molecule has 1 aliphatic heterocycles. The van der Waals surface area contributed by atoms with Crippen LogP contribution in [-0.2, 0) is 11.2 Å². The lowest BCUT2D eigenvalue weighted by atomic mass is 10.0. The summed E-state index contributed by atoms with van der Waals surface area (Å²) in [5.41, 5.74) is 3.96. The number of piperazine rings is 1. The molecule has 1 aliphatic rings. The van der Waals surface area contributed by atoms with Crippen molar-refractivity contribution in [3.8, 4) is 0 Å². The van der Waals surface area contributed by atoms with E-state index in [2.05, 4.69) is 36.3 Å². The summed E-state index contributed by atoms with van der Waals surface area (Å²) in [5.74, 6) is 0.0657. The highest BCUT2D eigenvalue weighted by Crippen LogP contribution is 2.15. The molecule has 1 fully saturated rings. The van der Waals surface area contributed by atoms with E-state index >= 15 is 0 Å². The highest BCUT2D eigenvalue weighted by Gasteiger charge is 2.20. The predicted octanol–water partition coefficient (Wildman–Crippen LogP) is 3.34. The van der Waals surface area contributed by atoms with Crippen molar-refractivity contribution in [3.05, 3.63) is 65.2 Å². The molecule has 5 heteroatoms. The fraction of sp³-hybridized carbons (Fsp3) is 0.391. The van der Waals surface area contributed by atoms with Crippen LogP contribution in [0.15, 0.2) is 48.5 Å². The quantitative estimate of drug-likeness (QED) is 0.837. The first-order valence-corrected chi connectivity index (χ1v) is 9.95. The van der Waals surface area contributed by atoms with Crippen LogP contribution in [0.5, 0.6) is 0 Å². The van der Waals surface area contributed by atoms with E-state index in [0.29, 0.717) is 12.0 Å². The van der Waals surface area contributed by atoms with Crippen LogP contribution in [-0.4, -0.2) is 54.8 Å². The number of hydrogen-bond donors (Lipinski definition) is 1. The van der Waals surface area contributed by atoms with Crippen molar-refractivity contribution < 1.29 is 9.59 Å². The molecule has 1 saturated heterocycles. The summed E-state index contributed by atoms with van der Waals surface area (Å²) in [5, 5.41) is 2.92. The molecule has 5 nitrogen and oxygen atoms in total. The summed E-state index contributed by atoms with van der Waals surface area (Å²) in [6, 6.07) is 15.5. The van der Waals surface area contributed by atoms with Crippen LogP contribution < -0.4 is 5.32 Å². The molecule has 0 aliphatic carbocycles. The van der Waals surface area contributed by atoms with Crippen molar-refractivity contribution in [3.63, 3.8) is 0 Å². The van der Waals surface area contributed by atoms with Crippen molar-refractivity contribution >= 4 is 17.5 Å². The van der Waals surface area contributed by atoms with E-state index in [9.17, 15) is 9.59 Å². The van der Waals surface area contributed by atoms with Crippen molar-refractivity contribution in [2.45, 2.75) is 26.2 Å². The van der Waals surface area contributed by atoms with Crippen molar-refractivity contribution in [2.24, 2.45) is 0 Å². The predicted molar refractivity (Wildman–Crippen MR) is 113 cm³/mol. The summed E-state index contributed by atoms with van der Waals surface area (Å²) >= 11 is 0. The molecule has 2 amide bonds. The first kappa shape index (κ1) is 20.1. The maximum Gasteiger partial charge on any atom is 0.253 e. The molecule has 0 unspecified atom stereocenters. The second-order valence-electron chi connectivity index (χ2n) is 7.50. The molecule has 1 heterocycles. The van der Waals surface area contributed by atoms with Crippen LogP contribution in [0.1, 0.15) is 34.3 Å². The third-order valence-electron chi connectivity index (χ3n) is 5.32. The van der Waals surface area contributed by atoms with Gasteiger partial charge in [0, 0.05) is 43.9 Å². The number of nitrogens with zero attached hydrogens (tertiary/aromatic N) is 2. The number of likely N-dealkylation sites (N-methyl/N-ethyl adjacent to an activating group) is 1. The van der Waals surface area contributed by atoms with Crippen LogP contribution >= 0.6 is 0 Å². The minimum absolute atomic E-state index is 0.00623. The van der Waals surface area contributed by atoms with Crippen molar-refractivity contribution in [1.82, 2.24) is 9.80 Å². The number of amides is 2. The average Bonchev–Trinajstić information content (AvgIpc) is 2.70. The normalized spacial score (nSPS) is 14.7. The fourth-order valence-electron chi connectivity index (χ4n) is 3.44. The van der Waals surface area contributed by atoms with Crippen LogP contribution in [0.4, 0.5) is 5.69 Å². The first-order chi connectivity index (χ1) is 13.5. The van der Waals surface area contributed by atoms with Gasteiger partial charge in [-0.05, 0) is 62.2 Å². The summed E-state index contributed by atoms with van der Waals surface area (Å²) in [6.45, 7) is 5.43. The van der Waals surface area contributed by atoms with Gasteiger partial charge in [-0.2, -0.15) is 0 Å². The fourth-order valence-corrected chi connectivity index (χ4v) is 3.44. The molecule has 2 aromatic rings. The number of benzene rings is 2. The van der Waals surface area contributed by atoms with Crippen molar-refractivity contribution in [2.75, 3.05) is 38.5 Å². The van der Waals surface area contributed by atoms with Gasteiger partial charge in [0.1, 0.15) is 0 Å². The molecule has 0 spiro atoms. The number of nitrogens with one attached hydrogen (secondary N) is 1. The van der Waals surface area contributed by atoms with Gasteiger partial charge in [0.05, 0.1) is 0 Å². The molecule has 0 saturated carbocycles. The van der Waals surface area contributed by atoms with Gasteiger partial charge < -0.3 is 15.1 Å². The summed E-state index contributed by atoms with van der Waals surface area (Å²) in [4.78, 5) is 28.9. The van der Waals surface area contributed by atoms with Gasteiger partial charge >= 0.3 is 0 Å². The Balaban J connectivity index is 1.46. The Hall–Kier alpha value is -2.66. The summed E-state index contributed by atoms with van der Waals surface area (Å²) < 4.78 is 0. The monoisotopic (exact) mass is 379 g/mol. The van der Waals surface area contributed by atoms with Gasteiger partial charge in [-0.1, -0.05) is 24.3 Å². The molecule has 2 aromatic carbocycles. The van der Waals surface area contributed by atoms with Crippen LogP contribution in [0.25, 0.3) is 0 Å². The Bertz CT molecular complexity index is 809. The maximum absolute atomic E-state index is 12.6. The van der Waals surface area contributed by atoms with E-state index in [1.54, 1.807) is 12.1 Å². The van der Waals surface area contributed by atoms with Gasteiger partial charge in [0.25, 0.3) is 5.91 Å². The van der Waals surface area contributed by atoms with Crippen LogP contribution in [0, 0.1) is 6.92 Å². The van der Waals surface area contributed by atoms with E-state index in [4.69, 9.17) is 0 Å². The second kappa shape index (κ2) is 9.51. The second-order valence-corrected chi connectivity index (χ2v) is 7.50. The summed E-state index contributed by atoms with van der Waals surface area (Å²) in [7, 11) is 2.07. The van der Waals surface area contributed by atoms with Gasteiger partial charge in [-0.15, -0.1) is 0 Å². The number of carbonyl (C=O) groups is 2. The standard InChI is InChI=1S/C23H29N3O2/c1-18-6-3-4-7-19(18)8-5-9-22(27)24-21-12-10-20(11-13-21)23(28)26-16-14-25(2)15-17-26/h3-4,6-7,10-13H,5,8-9,14-17H2,1-2H3,(H,24,27). The Kier molecular flexibility index (Phi) is 6.82. The zero-order chi connectivity index (χ0) is 19.9. The Morgan fingerprint density at radius 1 is 0.964 bits per heavy atom. The average molecular weight is 380 g/mol.